The van der Waals surface area contributed by atoms with Crippen molar-refractivity contribution in [3.63, 3.8) is 0 Å². The first-order valence-electron chi connectivity index (χ1n) is 12.4. The fourth-order valence-corrected chi connectivity index (χ4v) is 3.41. The molecular weight excluding hydrogens is 922 g/mol. The summed E-state index contributed by atoms with van der Waals surface area (Å²) in [6.07, 6.45) is -0.913. The van der Waals surface area contributed by atoms with E-state index in [4.69, 9.17) is 29.2 Å². The van der Waals surface area contributed by atoms with Crippen molar-refractivity contribution in [2.75, 3.05) is 72.1 Å². The van der Waals surface area contributed by atoms with Gasteiger partial charge in [0.05, 0.1) is 23.9 Å². The maximum absolute atomic E-state index is 10.5. The third-order valence-electron chi connectivity index (χ3n) is 3.90. The van der Waals surface area contributed by atoms with E-state index in [9.17, 15) is 28.8 Å². The molecule has 2 atom stereocenters. The maximum atomic E-state index is 10.5. The highest BCUT2D eigenvalue weighted by Gasteiger charge is 2.25. The molecule has 0 aromatic carbocycles. The lowest BCUT2D eigenvalue weighted by Gasteiger charge is -2.11. The zero-order valence-corrected chi connectivity index (χ0v) is 33.1. The minimum atomic E-state index is -0.881. The van der Waals surface area contributed by atoms with E-state index in [1.54, 1.807) is 0 Å². The number of thiol groups is 1. The summed E-state index contributed by atoms with van der Waals surface area (Å²) in [5.74, 6) is -1.79. The molecule has 0 aromatic heterocycles. The molecule has 0 aliphatic carbocycles. The molecule has 2 heterocycles. The van der Waals surface area contributed by atoms with Crippen molar-refractivity contribution in [3.05, 3.63) is 0 Å². The van der Waals surface area contributed by atoms with Crippen LogP contribution in [-0.4, -0.2) is 142 Å². The van der Waals surface area contributed by atoms with Gasteiger partial charge in [-0.05, 0) is 0 Å². The van der Waals surface area contributed by atoms with Gasteiger partial charge in [-0.1, -0.05) is 7.43 Å². The number of hydrogen-bond acceptors (Lipinski definition) is 19. The van der Waals surface area contributed by atoms with Gasteiger partial charge in [-0.15, -0.1) is 23.5 Å². The molecule has 2 aliphatic rings. The predicted molar refractivity (Wildman–Crippen MR) is 194 cm³/mol. The van der Waals surface area contributed by atoms with Gasteiger partial charge in [0.2, 0.25) is 0 Å². The average Bonchev–Trinajstić information content (AvgIpc) is 3.65. The van der Waals surface area contributed by atoms with Gasteiger partial charge in [-0.3, -0.25) is 28.8 Å². The number of halogens is 2. The predicted octanol–water partition coefficient (Wildman–Crippen LogP) is 2.51. The summed E-state index contributed by atoms with van der Waals surface area (Å²) >= 11 is 10.3. The molecule has 47 heavy (non-hydrogen) atoms. The number of aliphatic carboxylic acids is 1. The molecular formula is C25H46I2O17S3. The van der Waals surface area contributed by atoms with Crippen LogP contribution < -0.4 is 0 Å². The van der Waals surface area contributed by atoms with E-state index < -0.39 is 18.5 Å². The maximum Gasteiger partial charge on any atom is 0.317 e. The molecule has 2 rings (SSSR count). The Kier molecular flexibility index (Phi) is 46.8. The molecule has 2 unspecified atom stereocenters. The lowest BCUT2D eigenvalue weighted by atomic mass is 10.6. The number of rotatable bonds is 12. The second kappa shape index (κ2) is 39.6. The van der Waals surface area contributed by atoms with E-state index in [1.807, 2.05) is 0 Å². The van der Waals surface area contributed by atoms with Crippen molar-refractivity contribution in [1.29, 1.82) is 0 Å². The number of carboxylic acid groups (broad SMARTS) is 1. The molecule has 2 N–H and O–H groups in total. The van der Waals surface area contributed by atoms with Gasteiger partial charge in [0.15, 0.2) is 23.5 Å². The second-order valence-electron chi connectivity index (χ2n) is 7.40. The Hall–Kier alpha value is -0.870. The first-order chi connectivity index (χ1) is 21.7. The largest absolute Gasteiger partial charge is 0.481 e. The Morgan fingerprint density at radius 2 is 1.11 bits per heavy atom. The Bertz CT molecular complexity index is 789. The Morgan fingerprint density at radius 1 is 0.787 bits per heavy atom. The summed E-state index contributed by atoms with van der Waals surface area (Å²) < 4.78 is 42.0. The van der Waals surface area contributed by atoms with Crippen LogP contribution in [0, 0.1) is 0 Å². The molecule has 2 aliphatic heterocycles. The number of thioether (sulfide) groups is 2. The fraction of sp³-hybridized carbons (Fsp3) is 0.760. The third kappa shape index (κ3) is 43.1. The molecule has 0 amide bonds. The van der Waals surface area contributed by atoms with E-state index in [1.165, 1.54) is 72.7 Å². The summed E-state index contributed by atoms with van der Waals surface area (Å²) in [5, 5.41) is 15.9. The highest BCUT2D eigenvalue weighted by molar-refractivity contribution is 15.0. The zero-order chi connectivity index (χ0) is 36.5. The standard InChI is InChI=1S/2C6H8O4S.C6H12O4.C4H10O3.C2H4O2S.CH4.I2/c2*1-4(7)9-2-6-10-5(8)3-11-6;1-5(7)10-4-6(8-2)9-3;1-6-4(3-5)7-2;3-2(4)1-5;;1-2/h2*6H,2-3H2,1H3;6H,4H2,1-3H3;4-5H,3H2,1-2H3;5H,1H2,(H,3,4);1H4;. The van der Waals surface area contributed by atoms with Crippen LogP contribution in [0.25, 0.3) is 0 Å². The zero-order valence-electron chi connectivity index (χ0n) is 26.3. The van der Waals surface area contributed by atoms with Crippen LogP contribution >= 0.6 is 73.4 Å². The number of hydrogen-bond donors (Lipinski definition) is 3. The Labute approximate surface area is 312 Å². The number of methoxy groups -OCH3 is 4. The highest BCUT2D eigenvalue weighted by Crippen LogP contribution is 2.21. The van der Waals surface area contributed by atoms with Crippen molar-refractivity contribution in [3.8, 4) is 0 Å². The van der Waals surface area contributed by atoms with Crippen molar-refractivity contribution < 1.29 is 81.6 Å². The lowest BCUT2D eigenvalue weighted by Crippen LogP contribution is -2.21. The van der Waals surface area contributed by atoms with Gasteiger partial charge in [-0.25, -0.2) is 0 Å². The lowest BCUT2D eigenvalue weighted by molar-refractivity contribution is -0.164. The molecule has 17 nitrogen and oxygen atoms in total. The number of aliphatic hydroxyl groups excluding tert-OH is 1. The van der Waals surface area contributed by atoms with Crippen molar-refractivity contribution in [2.45, 2.75) is 51.6 Å². The highest BCUT2D eigenvalue weighted by atomic mass is 128. The molecule has 2 fully saturated rings. The van der Waals surface area contributed by atoms with Crippen LogP contribution in [0.5, 0.6) is 0 Å². The smallest absolute Gasteiger partial charge is 0.317 e. The minimum absolute atomic E-state index is 0. The molecule has 0 aromatic rings. The summed E-state index contributed by atoms with van der Waals surface area (Å²) in [6, 6.07) is 0. The molecule has 0 saturated carbocycles. The van der Waals surface area contributed by atoms with Crippen molar-refractivity contribution >= 4 is 109 Å². The van der Waals surface area contributed by atoms with Gasteiger partial charge in [0.1, 0.15) is 19.8 Å². The van der Waals surface area contributed by atoms with E-state index in [2.05, 4.69) is 73.5 Å². The summed E-state index contributed by atoms with van der Waals surface area (Å²) in [5.41, 5.74) is -0.599. The molecule has 0 spiro atoms. The van der Waals surface area contributed by atoms with E-state index in [0.29, 0.717) is 11.5 Å². The van der Waals surface area contributed by atoms with Crippen LogP contribution in [0.1, 0.15) is 28.2 Å². The van der Waals surface area contributed by atoms with Gasteiger partial charge < -0.3 is 52.8 Å². The Morgan fingerprint density at radius 3 is 1.28 bits per heavy atom. The SMILES string of the molecule is C.CC(=O)OCC1OC(=O)CS1.CC(=O)OCC1OC(=O)CS1.COC(CO)OC.COC(COC(C)=O)OC.II.O=C(O)CS. The van der Waals surface area contributed by atoms with E-state index in [-0.39, 0.29) is 80.3 Å². The Balaban J connectivity index is -0.000000157. The molecule has 0 radical (unpaired) electrons. The summed E-state index contributed by atoms with van der Waals surface area (Å²) in [6.45, 7) is 4.35. The van der Waals surface area contributed by atoms with E-state index in [0.717, 1.165) is 0 Å². The van der Waals surface area contributed by atoms with Gasteiger partial charge >= 0.3 is 35.8 Å². The van der Waals surface area contributed by atoms with Crippen LogP contribution in [0.2, 0.25) is 0 Å². The monoisotopic (exact) mass is 968 g/mol. The first-order valence-corrected chi connectivity index (χ1v) is 21.4. The molecule has 2 saturated heterocycles. The number of carboxylic acids is 1. The van der Waals surface area contributed by atoms with Gasteiger partial charge in [-0.2, -0.15) is 12.6 Å². The second-order valence-corrected chi connectivity index (χ2v) is 10.0. The third-order valence-corrected chi connectivity index (χ3v) is 6.19. The van der Waals surface area contributed by atoms with E-state index >= 15 is 0 Å². The van der Waals surface area contributed by atoms with Crippen LogP contribution in [-0.2, 0) is 71.4 Å². The topological polar surface area (TPSA) is 226 Å². The average molecular weight is 969 g/mol. The van der Waals surface area contributed by atoms with Crippen molar-refractivity contribution in [2.24, 2.45) is 0 Å². The normalized spacial score (nSPS) is 15.3. The van der Waals surface area contributed by atoms with Gasteiger partial charge in [0.25, 0.3) is 0 Å². The molecule has 280 valence electrons. The number of aliphatic hydroxyl groups is 1. The van der Waals surface area contributed by atoms with Crippen molar-refractivity contribution in [1.82, 2.24) is 0 Å². The molecule has 22 heteroatoms. The number of carbonyl (C=O) groups excluding carboxylic acids is 5. The minimum Gasteiger partial charge on any atom is -0.481 e. The van der Waals surface area contributed by atoms with Crippen LogP contribution in [0.3, 0.4) is 0 Å². The number of carbonyl (C=O) groups is 6. The fourth-order valence-electron chi connectivity index (χ4n) is 1.95. The number of esters is 5. The van der Waals surface area contributed by atoms with Gasteiger partial charge in [0, 0.05) is 86.4 Å². The number of ether oxygens (including phenoxy) is 9. The number of cyclic esters (lactones) is 2. The summed E-state index contributed by atoms with van der Waals surface area (Å²) in [4.78, 5) is 61.2. The van der Waals surface area contributed by atoms with Crippen LogP contribution in [0.4, 0.5) is 0 Å². The summed E-state index contributed by atoms with van der Waals surface area (Å²) in [7, 11) is 5.92. The quantitative estimate of drug-likeness (QED) is 0.0840. The first kappa shape index (κ1) is 55.5. The molecule has 0 bridgehead atoms. The van der Waals surface area contributed by atoms with Crippen LogP contribution in [0.15, 0.2) is 0 Å².